The van der Waals surface area contributed by atoms with E-state index in [1.165, 1.54) is 6.07 Å². The summed E-state index contributed by atoms with van der Waals surface area (Å²) in [5, 5.41) is 5.27. The number of alkyl halides is 3. The summed E-state index contributed by atoms with van der Waals surface area (Å²) in [7, 11) is 0. The van der Waals surface area contributed by atoms with Crippen LogP contribution >= 0.6 is 0 Å². The van der Waals surface area contributed by atoms with E-state index in [0.717, 1.165) is 30.2 Å². The Labute approximate surface area is 223 Å². The summed E-state index contributed by atoms with van der Waals surface area (Å²) in [6.45, 7) is 7.61. The molecule has 4 rings (SSSR count). The maximum atomic E-state index is 13.6. The maximum Gasteiger partial charge on any atom is 0.418 e. The highest BCUT2D eigenvalue weighted by molar-refractivity contribution is 6.04. The smallest absolute Gasteiger partial charge is 0.418 e. The van der Waals surface area contributed by atoms with Crippen LogP contribution in [0.5, 0.6) is 5.75 Å². The average Bonchev–Trinajstić information content (AvgIpc) is 2.88. The van der Waals surface area contributed by atoms with Gasteiger partial charge in [-0.25, -0.2) is 9.97 Å². The minimum atomic E-state index is -4.76. The van der Waals surface area contributed by atoms with Crippen LogP contribution < -0.4 is 15.4 Å². The highest BCUT2D eigenvalue weighted by atomic mass is 19.4. The molecular formula is C29H27F3N4O3. The molecule has 7 nitrogen and oxygen atoms in total. The Morgan fingerprint density at radius 3 is 2.28 bits per heavy atom. The van der Waals surface area contributed by atoms with Crippen LogP contribution in [-0.2, 0) is 11.0 Å². The first kappa shape index (κ1) is 27.6. The SMILES string of the molecule is CCOc1ccc2nc(C(=O)Nc3ccc(NC(C)=O)c(C(F)(F)F)c3)nc(-c3ccc(C(C)C)cc3)c2c1. The van der Waals surface area contributed by atoms with Crippen molar-refractivity contribution < 1.29 is 27.5 Å². The number of anilines is 2. The second-order valence-electron chi connectivity index (χ2n) is 9.18. The lowest BCUT2D eigenvalue weighted by Crippen LogP contribution is -2.18. The topological polar surface area (TPSA) is 93.2 Å². The lowest BCUT2D eigenvalue weighted by molar-refractivity contribution is -0.136. The fourth-order valence-electron chi connectivity index (χ4n) is 4.05. The van der Waals surface area contributed by atoms with Crippen molar-refractivity contribution in [2.45, 2.75) is 39.8 Å². The Morgan fingerprint density at radius 2 is 1.67 bits per heavy atom. The van der Waals surface area contributed by atoms with Crippen molar-refractivity contribution in [3.05, 3.63) is 77.6 Å². The summed E-state index contributed by atoms with van der Waals surface area (Å²) in [6.07, 6.45) is -4.76. The highest BCUT2D eigenvalue weighted by Gasteiger charge is 2.34. The number of benzene rings is 3. The first-order chi connectivity index (χ1) is 18.5. The third kappa shape index (κ3) is 6.34. The molecule has 3 aromatic carbocycles. The molecule has 0 atom stereocenters. The summed E-state index contributed by atoms with van der Waals surface area (Å²) in [5.74, 6) is -0.709. The van der Waals surface area contributed by atoms with Crippen molar-refractivity contribution in [1.82, 2.24) is 9.97 Å². The van der Waals surface area contributed by atoms with E-state index >= 15 is 0 Å². The molecule has 2 amide bonds. The fourth-order valence-corrected chi connectivity index (χ4v) is 4.05. The number of carbonyl (C=O) groups is 2. The van der Waals surface area contributed by atoms with Gasteiger partial charge in [-0.3, -0.25) is 9.59 Å². The van der Waals surface area contributed by atoms with Crippen molar-refractivity contribution in [2.24, 2.45) is 0 Å². The predicted octanol–water partition coefficient (Wildman–Crippen LogP) is 7.05. The Hall–Kier alpha value is -4.47. The van der Waals surface area contributed by atoms with Gasteiger partial charge in [0.15, 0.2) is 0 Å². The number of nitrogens with zero attached hydrogens (tertiary/aromatic N) is 2. The van der Waals surface area contributed by atoms with Gasteiger partial charge < -0.3 is 15.4 Å². The van der Waals surface area contributed by atoms with E-state index in [4.69, 9.17) is 4.74 Å². The second kappa shape index (κ2) is 11.1. The van der Waals surface area contributed by atoms with E-state index in [9.17, 15) is 22.8 Å². The third-order valence-electron chi connectivity index (χ3n) is 5.93. The van der Waals surface area contributed by atoms with E-state index in [2.05, 4.69) is 34.4 Å². The molecule has 0 spiro atoms. The van der Waals surface area contributed by atoms with Crippen LogP contribution in [0.25, 0.3) is 22.2 Å². The normalized spacial score (nSPS) is 11.5. The molecule has 2 N–H and O–H groups in total. The molecule has 0 radical (unpaired) electrons. The van der Waals surface area contributed by atoms with Gasteiger partial charge >= 0.3 is 6.18 Å². The van der Waals surface area contributed by atoms with Crippen LogP contribution in [0, 0.1) is 0 Å². The zero-order valence-corrected chi connectivity index (χ0v) is 21.8. The lowest BCUT2D eigenvalue weighted by atomic mass is 9.99. The number of hydrogen-bond acceptors (Lipinski definition) is 5. The molecule has 0 aliphatic carbocycles. The van der Waals surface area contributed by atoms with Gasteiger partial charge in [-0.1, -0.05) is 38.1 Å². The van der Waals surface area contributed by atoms with Crippen LogP contribution in [0.1, 0.15) is 55.4 Å². The van der Waals surface area contributed by atoms with Gasteiger partial charge in [0.25, 0.3) is 5.91 Å². The van der Waals surface area contributed by atoms with Gasteiger partial charge in [0.05, 0.1) is 29.1 Å². The number of fused-ring (bicyclic) bond motifs is 1. The molecule has 1 heterocycles. The first-order valence-corrected chi connectivity index (χ1v) is 12.3. The largest absolute Gasteiger partial charge is 0.494 e. The summed E-state index contributed by atoms with van der Waals surface area (Å²) < 4.78 is 46.5. The van der Waals surface area contributed by atoms with Crippen molar-refractivity contribution in [2.75, 3.05) is 17.2 Å². The fraction of sp³-hybridized carbons (Fsp3) is 0.241. The molecule has 0 fully saturated rings. The number of carbonyl (C=O) groups excluding carboxylic acids is 2. The van der Waals surface area contributed by atoms with Gasteiger partial charge in [0.1, 0.15) is 5.75 Å². The van der Waals surface area contributed by atoms with Gasteiger partial charge in [0.2, 0.25) is 11.7 Å². The molecule has 4 aromatic rings. The number of amides is 2. The summed E-state index contributed by atoms with van der Waals surface area (Å²) in [4.78, 5) is 33.4. The molecule has 39 heavy (non-hydrogen) atoms. The minimum Gasteiger partial charge on any atom is -0.494 e. The monoisotopic (exact) mass is 536 g/mol. The number of ether oxygens (including phenoxy) is 1. The quantitative estimate of drug-likeness (QED) is 0.264. The number of nitrogens with one attached hydrogen (secondary N) is 2. The average molecular weight is 537 g/mol. The predicted molar refractivity (Wildman–Crippen MR) is 144 cm³/mol. The second-order valence-corrected chi connectivity index (χ2v) is 9.18. The number of aromatic nitrogens is 2. The Kier molecular flexibility index (Phi) is 7.85. The van der Waals surface area contributed by atoms with Crippen molar-refractivity contribution >= 4 is 34.1 Å². The van der Waals surface area contributed by atoms with Crippen LogP contribution in [0.15, 0.2) is 60.7 Å². The highest BCUT2D eigenvalue weighted by Crippen LogP contribution is 2.37. The van der Waals surface area contributed by atoms with E-state index in [0.29, 0.717) is 34.9 Å². The van der Waals surface area contributed by atoms with Gasteiger partial charge in [0, 0.05) is 23.6 Å². The molecule has 1 aromatic heterocycles. The molecule has 0 bridgehead atoms. The summed E-state index contributed by atoms with van der Waals surface area (Å²) in [5.41, 5.74) is 1.20. The minimum absolute atomic E-state index is 0.125. The molecule has 0 aliphatic heterocycles. The summed E-state index contributed by atoms with van der Waals surface area (Å²) >= 11 is 0. The number of hydrogen-bond donors (Lipinski definition) is 2. The molecule has 0 saturated carbocycles. The molecule has 0 unspecified atom stereocenters. The van der Waals surface area contributed by atoms with Gasteiger partial charge in [-0.05, 0) is 54.8 Å². The van der Waals surface area contributed by atoms with Crippen molar-refractivity contribution in [1.29, 1.82) is 0 Å². The first-order valence-electron chi connectivity index (χ1n) is 12.3. The van der Waals surface area contributed by atoms with E-state index in [1.807, 2.05) is 31.2 Å². The zero-order valence-electron chi connectivity index (χ0n) is 21.8. The Morgan fingerprint density at radius 1 is 0.949 bits per heavy atom. The van der Waals surface area contributed by atoms with Gasteiger partial charge in [-0.2, -0.15) is 13.2 Å². The van der Waals surface area contributed by atoms with Crippen LogP contribution in [0.2, 0.25) is 0 Å². The third-order valence-corrected chi connectivity index (χ3v) is 5.93. The van der Waals surface area contributed by atoms with Crippen LogP contribution in [0.3, 0.4) is 0 Å². The molecule has 0 aliphatic rings. The molecule has 202 valence electrons. The van der Waals surface area contributed by atoms with Crippen molar-refractivity contribution in [3.8, 4) is 17.0 Å². The number of halogens is 3. The zero-order chi connectivity index (χ0) is 28.3. The van der Waals surface area contributed by atoms with E-state index in [-0.39, 0.29) is 11.5 Å². The van der Waals surface area contributed by atoms with Gasteiger partial charge in [-0.15, -0.1) is 0 Å². The maximum absolute atomic E-state index is 13.6. The van der Waals surface area contributed by atoms with E-state index in [1.54, 1.807) is 18.2 Å². The Balaban J connectivity index is 1.76. The molecule has 10 heteroatoms. The van der Waals surface area contributed by atoms with Crippen LogP contribution in [-0.4, -0.2) is 28.4 Å². The van der Waals surface area contributed by atoms with E-state index < -0.39 is 29.2 Å². The number of rotatable bonds is 7. The molecule has 0 saturated heterocycles. The standard InChI is InChI=1S/C29H27F3N4O3/c1-5-39-21-11-13-24-22(15-21)26(19-8-6-18(7-9-19)16(2)3)36-27(35-24)28(38)34-20-10-12-25(33-17(4)37)23(14-20)29(30,31)32/h6-16H,5H2,1-4H3,(H,33,37)(H,34,38). The lowest BCUT2D eigenvalue weighted by Gasteiger charge is -2.15. The Bertz CT molecular complexity index is 1530. The molecular weight excluding hydrogens is 509 g/mol. The van der Waals surface area contributed by atoms with Crippen molar-refractivity contribution in [3.63, 3.8) is 0 Å². The summed E-state index contributed by atoms with van der Waals surface area (Å²) in [6, 6.07) is 16.1. The van der Waals surface area contributed by atoms with Crippen LogP contribution in [0.4, 0.5) is 24.5 Å².